The van der Waals surface area contributed by atoms with Crippen molar-refractivity contribution in [2.45, 2.75) is 0 Å². The van der Waals surface area contributed by atoms with Gasteiger partial charge >= 0.3 is 0 Å². The molecule has 0 spiro atoms. The van der Waals surface area contributed by atoms with Crippen molar-refractivity contribution < 1.29 is 0 Å². The average molecular weight is 368 g/mol. The highest BCUT2D eigenvalue weighted by atomic mass is 15.0. The lowest BCUT2D eigenvalue weighted by Gasteiger charge is -2.20. The summed E-state index contributed by atoms with van der Waals surface area (Å²) in [6.07, 6.45) is 1.93. The summed E-state index contributed by atoms with van der Waals surface area (Å²) in [5, 5.41) is 8.70. The molecule has 0 saturated heterocycles. The van der Waals surface area contributed by atoms with E-state index in [0.717, 1.165) is 5.52 Å². The third-order valence-electron chi connectivity index (χ3n) is 6.18. The SMILES string of the molecule is c1ccc2c(c1)c1ccc3ccnc4c5ccccc5n(c5ccccc25)-c1c34. The van der Waals surface area contributed by atoms with E-state index in [2.05, 4.69) is 95.6 Å². The maximum Gasteiger partial charge on any atom is 0.0822 e. The van der Waals surface area contributed by atoms with Crippen LogP contribution in [0.5, 0.6) is 0 Å². The van der Waals surface area contributed by atoms with Crippen LogP contribution < -0.4 is 0 Å². The molecule has 2 aliphatic rings. The van der Waals surface area contributed by atoms with Crippen LogP contribution in [-0.2, 0) is 0 Å². The van der Waals surface area contributed by atoms with Crippen molar-refractivity contribution in [3.05, 3.63) is 97.2 Å². The van der Waals surface area contributed by atoms with Crippen molar-refractivity contribution in [3.63, 3.8) is 0 Å². The van der Waals surface area contributed by atoms with Crippen molar-refractivity contribution in [3.8, 4) is 5.69 Å². The second kappa shape index (κ2) is 5.33. The molecule has 134 valence electrons. The van der Waals surface area contributed by atoms with E-state index in [0.29, 0.717) is 0 Å². The normalized spacial score (nSPS) is 12.1. The molecule has 2 nitrogen and oxygen atoms in total. The third kappa shape index (κ3) is 1.83. The average Bonchev–Trinajstić information content (AvgIpc) is 2.92. The van der Waals surface area contributed by atoms with Crippen LogP contribution in [0, 0.1) is 0 Å². The predicted molar refractivity (Wildman–Crippen MR) is 122 cm³/mol. The van der Waals surface area contributed by atoms with Gasteiger partial charge in [-0.25, -0.2) is 0 Å². The van der Waals surface area contributed by atoms with Crippen molar-refractivity contribution in [1.82, 2.24) is 9.55 Å². The van der Waals surface area contributed by atoms with E-state index in [4.69, 9.17) is 4.98 Å². The highest BCUT2D eigenvalue weighted by Gasteiger charge is 2.20. The molecule has 0 amide bonds. The summed E-state index contributed by atoms with van der Waals surface area (Å²) in [7, 11) is 0. The van der Waals surface area contributed by atoms with Crippen molar-refractivity contribution in [2.24, 2.45) is 0 Å². The predicted octanol–water partition coefficient (Wildman–Crippen LogP) is 7.08. The Labute approximate surface area is 167 Å². The molecule has 0 unspecified atom stereocenters. The molecule has 0 atom stereocenters. The number of hydrogen-bond acceptors (Lipinski definition) is 1. The number of hydrogen-bond donors (Lipinski definition) is 0. The van der Waals surface area contributed by atoms with Crippen LogP contribution in [-0.4, -0.2) is 9.55 Å². The summed E-state index contributed by atoms with van der Waals surface area (Å²) in [5.74, 6) is 0. The van der Waals surface area contributed by atoms with E-state index < -0.39 is 0 Å². The minimum absolute atomic E-state index is 1.07. The fourth-order valence-electron chi connectivity index (χ4n) is 4.99. The monoisotopic (exact) mass is 368 g/mol. The zero-order valence-electron chi connectivity index (χ0n) is 15.6. The molecule has 0 N–H and O–H groups in total. The molecule has 0 fully saturated rings. The maximum atomic E-state index is 4.83. The molecule has 7 rings (SSSR count). The number of benzene rings is 4. The van der Waals surface area contributed by atoms with E-state index in [-0.39, 0.29) is 0 Å². The van der Waals surface area contributed by atoms with Gasteiger partial charge in [-0.3, -0.25) is 4.98 Å². The van der Waals surface area contributed by atoms with E-state index in [1.165, 1.54) is 54.4 Å². The molecule has 0 radical (unpaired) electrons. The second-order valence-electron chi connectivity index (χ2n) is 7.63. The second-order valence-corrected chi connectivity index (χ2v) is 7.63. The molecule has 2 heteroatoms. The first-order valence-corrected chi connectivity index (χ1v) is 9.92. The fraction of sp³-hybridized carbons (Fsp3) is 0. The lowest BCUT2D eigenvalue weighted by molar-refractivity contribution is 1.20. The van der Waals surface area contributed by atoms with Crippen LogP contribution in [0.1, 0.15) is 0 Å². The summed E-state index contributed by atoms with van der Waals surface area (Å²) < 4.78 is 2.44. The molecule has 5 aromatic rings. The molecule has 4 aromatic carbocycles. The smallest absolute Gasteiger partial charge is 0.0822 e. The van der Waals surface area contributed by atoms with Gasteiger partial charge in [0.25, 0.3) is 0 Å². The number of fused-ring (bicyclic) bond motifs is 8. The Hall–Kier alpha value is -3.91. The van der Waals surface area contributed by atoms with Gasteiger partial charge in [-0.1, -0.05) is 72.8 Å². The summed E-state index contributed by atoms with van der Waals surface area (Å²) in [6, 6.07) is 32.7. The number of nitrogens with zero attached hydrogens (tertiary/aromatic N) is 2. The first-order chi connectivity index (χ1) is 14.4. The van der Waals surface area contributed by atoms with Gasteiger partial charge in [-0.15, -0.1) is 0 Å². The van der Waals surface area contributed by atoms with Crippen molar-refractivity contribution in [1.29, 1.82) is 0 Å². The lowest BCUT2D eigenvalue weighted by Crippen LogP contribution is -2.03. The summed E-state index contributed by atoms with van der Waals surface area (Å²) >= 11 is 0. The van der Waals surface area contributed by atoms with E-state index in [1.807, 2.05) is 6.20 Å². The number of pyridine rings is 2. The molecule has 0 bridgehead atoms. The summed E-state index contributed by atoms with van der Waals surface area (Å²) in [5.41, 5.74) is 4.71. The van der Waals surface area contributed by atoms with Gasteiger partial charge in [0, 0.05) is 27.7 Å². The van der Waals surface area contributed by atoms with E-state index in [1.54, 1.807) is 0 Å². The fourth-order valence-corrected chi connectivity index (χ4v) is 4.99. The van der Waals surface area contributed by atoms with Gasteiger partial charge in [-0.2, -0.15) is 0 Å². The van der Waals surface area contributed by atoms with Gasteiger partial charge in [0.2, 0.25) is 0 Å². The number of para-hydroxylation sites is 2. The minimum Gasteiger partial charge on any atom is -0.308 e. The van der Waals surface area contributed by atoms with Crippen LogP contribution >= 0.6 is 0 Å². The first-order valence-electron chi connectivity index (χ1n) is 9.92. The molecule has 2 aliphatic heterocycles. The van der Waals surface area contributed by atoms with Gasteiger partial charge < -0.3 is 4.57 Å². The van der Waals surface area contributed by atoms with Crippen LogP contribution in [0.3, 0.4) is 0 Å². The molecular formula is C27H16N2. The van der Waals surface area contributed by atoms with Gasteiger partial charge in [0.05, 0.1) is 22.2 Å². The Kier molecular flexibility index (Phi) is 2.77. The Morgan fingerprint density at radius 1 is 0.517 bits per heavy atom. The Bertz CT molecular complexity index is 1670. The van der Waals surface area contributed by atoms with Crippen LogP contribution in [0.15, 0.2) is 97.2 Å². The third-order valence-corrected chi connectivity index (χ3v) is 6.18. The first kappa shape index (κ1) is 15.1. The molecule has 0 aliphatic carbocycles. The Balaban J connectivity index is 2.01. The van der Waals surface area contributed by atoms with Crippen LogP contribution in [0.2, 0.25) is 0 Å². The molecule has 29 heavy (non-hydrogen) atoms. The molecule has 1 aromatic heterocycles. The van der Waals surface area contributed by atoms with Gasteiger partial charge in [0.15, 0.2) is 0 Å². The quantitative estimate of drug-likeness (QED) is 0.207. The standard InChI is InChI=1S/C27H16N2/c1-2-8-19-18(7-1)20-9-3-5-11-23(20)29-24-12-6-4-10-22(24)26-25-17(15-16-28-26)13-14-21(19)27(25)29/h1-16H. The molecule has 3 heterocycles. The molecule has 0 saturated carbocycles. The Morgan fingerprint density at radius 2 is 1.14 bits per heavy atom. The molecular weight excluding hydrogens is 352 g/mol. The maximum absolute atomic E-state index is 4.83. The van der Waals surface area contributed by atoms with Crippen LogP contribution in [0.25, 0.3) is 59.9 Å². The number of rotatable bonds is 0. The summed E-state index contributed by atoms with van der Waals surface area (Å²) in [4.78, 5) is 4.83. The highest BCUT2D eigenvalue weighted by molar-refractivity contribution is 6.24. The number of aromatic nitrogens is 2. The topological polar surface area (TPSA) is 17.8 Å². The largest absolute Gasteiger partial charge is 0.308 e. The lowest BCUT2D eigenvalue weighted by atomic mass is 9.98. The minimum atomic E-state index is 1.07. The zero-order chi connectivity index (χ0) is 18.9. The highest BCUT2D eigenvalue weighted by Crippen LogP contribution is 2.42. The van der Waals surface area contributed by atoms with E-state index in [9.17, 15) is 0 Å². The van der Waals surface area contributed by atoms with Gasteiger partial charge in [0.1, 0.15) is 0 Å². The van der Waals surface area contributed by atoms with Crippen LogP contribution in [0.4, 0.5) is 0 Å². The van der Waals surface area contributed by atoms with E-state index >= 15 is 0 Å². The van der Waals surface area contributed by atoms with Gasteiger partial charge in [-0.05, 0) is 34.4 Å². The summed E-state index contributed by atoms with van der Waals surface area (Å²) in [6.45, 7) is 0. The van der Waals surface area contributed by atoms with Crippen molar-refractivity contribution >= 4 is 54.3 Å². The van der Waals surface area contributed by atoms with Crippen molar-refractivity contribution in [2.75, 3.05) is 0 Å². The Morgan fingerprint density at radius 3 is 1.93 bits per heavy atom. The zero-order valence-corrected chi connectivity index (χ0v) is 15.6.